The van der Waals surface area contributed by atoms with Crippen molar-refractivity contribution < 1.29 is 14.3 Å². The predicted molar refractivity (Wildman–Crippen MR) is 66.9 cm³/mol. The molecule has 0 aliphatic carbocycles. The number of hydrogen-bond donors (Lipinski definition) is 1. The van der Waals surface area contributed by atoms with E-state index in [9.17, 15) is 14.3 Å². The van der Waals surface area contributed by atoms with Crippen LogP contribution in [-0.2, 0) is 0 Å². The summed E-state index contributed by atoms with van der Waals surface area (Å²) in [5.74, 6) is -0.841. The largest absolute Gasteiger partial charge is 0.388 e. The summed E-state index contributed by atoms with van der Waals surface area (Å²) in [6.07, 6.45) is 1.42. The van der Waals surface area contributed by atoms with Crippen molar-refractivity contribution in [2.75, 3.05) is 13.1 Å². The number of rotatable bonds is 1. The van der Waals surface area contributed by atoms with Crippen LogP contribution in [0.5, 0.6) is 0 Å². The smallest absolute Gasteiger partial charge is 0.256 e. The van der Waals surface area contributed by atoms with Crippen molar-refractivity contribution in [1.29, 1.82) is 0 Å². The zero-order valence-corrected chi connectivity index (χ0v) is 10.7. The molecular weight excluding hydrogens is 233 g/mol. The standard InChI is InChI=1S/C14H18FNO2/c1-10-4-5-12(15)11(8-10)13(17)16-7-3-6-14(2,18)9-16/h4-5,8,18H,3,6-7,9H2,1-2H3. The highest BCUT2D eigenvalue weighted by Gasteiger charge is 2.32. The molecule has 1 amide bonds. The van der Waals surface area contributed by atoms with Gasteiger partial charge < -0.3 is 10.0 Å². The fraction of sp³-hybridized carbons (Fsp3) is 0.500. The van der Waals surface area contributed by atoms with Gasteiger partial charge in [0.15, 0.2) is 0 Å². The molecule has 1 aliphatic rings. The summed E-state index contributed by atoms with van der Waals surface area (Å²) in [6.45, 7) is 4.36. The Bertz CT molecular complexity index is 471. The Morgan fingerprint density at radius 2 is 2.22 bits per heavy atom. The second-order valence-corrected chi connectivity index (χ2v) is 5.31. The van der Waals surface area contributed by atoms with E-state index < -0.39 is 11.4 Å². The Morgan fingerprint density at radius 3 is 2.89 bits per heavy atom. The van der Waals surface area contributed by atoms with Crippen molar-refractivity contribution in [2.24, 2.45) is 0 Å². The molecule has 2 rings (SSSR count). The maximum atomic E-state index is 13.7. The van der Waals surface area contributed by atoms with Crippen LogP contribution in [0.3, 0.4) is 0 Å². The van der Waals surface area contributed by atoms with Crippen molar-refractivity contribution in [3.8, 4) is 0 Å². The van der Waals surface area contributed by atoms with E-state index in [4.69, 9.17) is 0 Å². The molecule has 0 aromatic heterocycles. The normalized spacial score (nSPS) is 24.1. The van der Waals surface area contributed by atoms with Gasteiger partial charge in [-0.2, -0.15) is 0 Å². The van der Waals surface area contributed by atoms with Gasteiger partial charge in [-0.05, 0) is 38.8 Å². The first-order valence-electron chi connectivity index (χ1n) is 6.17. The maximum Gasteiger partial charge on any atom is 0.256 e. The summed E-state index contributed by atoms with van der Waals surface area (Å²) in [5, 5.41) is 9.98. The van der Waals surface area contributed by atoms with Crippen LogP contribution < -0.4 is 0 Å². The third kappa shape index (κ3) is 2.70. The topological polar surface area (TPSA) is 40.5 Å². The van der Waals surface area contributed by atoms with Gasteiger partial charge >= 0.3 is 0 Å². The number of likely N-dealkylation sites (tertiary alicyclic amines) is 1. The number of hydrogen-bond acceptors (Lipinski definition) is 2. The molecule has 0 saturated carbocycles. The molecule has 1 atom stereocenters. The minimum absolute atomic E-state index is 0.0905. The highest BCUT2D eigenvalue weighted by atomic mass is 19.1. The molecule has 0 spiro atoms. The third-order valence-corrected chi connectivity index (χ3v) is 3.31. The number of amides is 1. The minimum Gasteiger partial charge on any atom is -0.388 e. The van der Waals surface area contributed by atoms with Gasteiger partial charge in [-0.15, -0.1) is 0 Å². The van der Waals surface area contributed by atoms with Crippen LogP contribution in [0.2, 0.25) is 0 Å². The van der Waals surface area contributed by atoms with Crippen molar-refractivity contribution in [2.45, 2.75) is 32.3 Å². The maximum absolute atomic E-state index is 13.7. The lowest BCUT2D eigenvalue weighted by Crippen LogP contribution is -2.48. The van der Waals surface area contributed by atoms with E-state index in [1.807, 2.05) is 6.92 Å². The average molecular weight is 251 g/mol. The molecule has 98 valence electrons. The Labute approximate surface area is 106 Å². The van der Waals surface area contributed by atoms with Crippen molar-refractivity contribution in [3.05, 3.63) is 35.1 Å². The number of benzene rings is 1. The van der Waals surface area contributed by atoms with Gasteiger partial charge in [0.25, 0.3) is 5.91 Å². The van der Waals surface area contributed by atoms with Gasteiger partial charge in [0.2, 0.25) is 0 Å². The lowest BCUT2D eigenvalue weighted by Gasteiger charge is -2.36. The van der Waals surface area contributed by atoms with E-state index in [0.29, 0.717) is 13.0 Å². The van der Waals surface area contributed by atoms with Crippen LogP contribution in [0.15, 0.2) is 18.2 Å². The molecule has 0 radical (unpaired) electrons. The summed E-state index contributed by atoms with van der Waals surface area (Å²) in [4.78, 5) is 13.8. The number of carbonyl (C=O) groups excluding carboxylic acids is 1. The summed E-state index contributed by atoms with van der Waals surface area (Å²) in [7, 11) is 0. The van der Waals surface area contributed by atoms with Gasteiger partial charge in [0, 0.05) is 13.1 Å². The fourth-order valence-corrected chi connectivity index (χ4v) is 2.37. The van der Waals surface area contributed by atoms with Gasteiger partial charge in [-0.3, -0.25) is 4.79 Å². The molecule has 1 aromatic carbocycles. The fourth-order valence-electron chi connectivity index (χ4n) is 2.37. The number of aliphatic hydroxyl groups is 1. The van der Waals surface area contributed by atoms with Crippen molar-refractivity contribution >= 4 is 5.91 Å². The second kappa shape index (κ2) is 4.69. The van der Waals surface area contributed by atoms with Crippen molar-refractivity contribution in [1.82, 2.24) is 4.90 Å². The zero-order chi connectivity index (χ0) is 13.3. The van der Waals surface area contributed by atoms with E-state index in [0.717, 1.165) is 12.0 Å². The van der Waals surface area contributed by atoms with Gasteiger partial charge in [0.05, 0.1) is 11.2 Å². The Hall–Kier alpha value is -1.42. The lowest BCUT2D eigenvalue weighted by atomic mass is 9.94. The average Bonchev–Trinajstić information content (AvgIpc) is 2.30. The molecule has 3 nitrogen and oxygen atoms in total. The molecule has 1 unspecified atom stereocenters. The monoisotopic (exact) mass is 251 g/mol. The molecule has 0 bridgehead atoms. The molecule has 1 aromatic rings. The predicted octanol–water partition coefficient (Wildman–Crippen LogP) is 2.12. The quantitative estimate of drug-likeness (QED) is 0.830. The number of carbonyl (C=O) groups is 1. The van der Waals surface area contributed by atoms with Crippen LogP contribution >= 0.6 is 0 Å². The van der Waals surface area contributed by atoms with E-state index in [1.165, 1.54) is 11.0 Å². The highest BCUT2D eigenvalue weighted by Crippen LogP contribution is 2.22. The number of aryl methyl sites for hydroxylation is 1. The molecule has 4 heteroatoms. The number of piperidine rings is 1. The van der Waals surface area contributed by atoms with Crippen molar-refractivity contribution in [3.63, 3.8) is 0 Å². The summed E-state index contributed by atoms with van der Waals surface area (Å²) >= 11 is 0. The Morgan fingerprint density at radius 1 is 1.50 bits per heavy atom. The lowest BCUT2D eigenvalue weighted by molar-refractivity contribution is -0.0109. The van der Waals surface area contributed by atoms with Gasteiger partial charge in [0.1, 0.15) is 5.82 Å². The zero-order valence-electron chi connectivity index (χ0n) is 10.7. The van der Waals surface area contributed by atoms with E-state index >= 15 is 0 Å². The number of halogens is 1. The Kier molecular flexibility index (Phi) is 3.39. The first-order valence-corrected chi connectivity index (χ1v) is 6.17. The minimum atomic E-state index is -0.867. The third-order valence-electron chi connectivity index (χ3n) is 3.31. The van der Waals surface area contributed by atoms with Crippen LogP contribution in [0, 0.1) is 12.7 Å². The molecule has 1 saturated heterocycles. The molecule has 18 heavy (non-hydrogen) atoms. The first kappa shape index (κ1) is 13.0. The van der Waals surface area contributed by atoms with E-state index in [1.54, 1.807) is 19.1 Å². The SMILES string of the molecule is Cc1ccc(F)c(C(=O)N2CCCC(C)(O)C2)c1. The van der Waals surface area contributed by atoms with Crippen LogP contribution in [0.25, 0.3) is 0 Å². The Balaban J connectivity index is 2.23. The van der Waals surface area contributed by atoms with E-state index in [-0.39, 0.29) is 18.0 Å². The highest BCUT2D eigenvalue weighted by molar-refractivity contribution is 5.94. The number of nitrogens with zero attached hydrogens (tertiary/aromatic N) is 1. The molecule has 1 heterocycles. The summed E-state index contributed by atoms with van der Waals surface area (Å²) < 4.78 is 13.7. The number of β-amino-alcohol motifs (C(OH)–C–C–N with tert-alkyl or cyclic N) is 1. The first-order chi connectivity index (χ1) is 8.39. The van der Waals surface area contributed by atoms with Crippen LogP contribution in [0.1, 0.15) is 35.7 Å². The molecule has 1 N–H and O–H groups in total. The summed E-state index contributed by atoms with van der Waals surface area (Å²) in [5.41, 5.74) is 0.0741. The second-order valence-electron chi connectivity index (χ2n) is 5.31. The van der Waals surface area contributed by atoms with Crippen LogP contribution in [0.4, 0.5) is 4.39 Å². The van der Waals surface area contributed by atoms with Gasteiger partial charge in [-0.25, -0.2) is 4.39 Å². The molecular formula is C14H18FNO2. The van der Waals surface area contributed by atoms with Crippen LogP contribution in [-0.4, -0.2) is 34.6 Å². The summed E-state index contributed by atoms with van der Waals surface area (Å²) in [6, 6.07) is 4.50. The van der Waals surface area contributed by atoms with E-state index in [2.05, 4.69) is 0 Å². The molecule has 1 aliphatic heterocycles. The molecule has 1 fully saturated rings. The van der Waals surface area contributed by atoms with Gasteiger partial charge in [-0.1, -0.05) is 11.6 Å².